The van der Waals surface area contributed by atoms with Gasteiger partial charge in [0.05, 0.1) is 24.0 Å². The molecule has 3 aromatic rings. The molecule has 2 saturated heterocycles. The van der Waals surface area contributed by atoms with Gasteiger partial charge in [0.2, 0.25) is 0 Å². The number of alkyl halides is 2. The van der Waals surface area contributed by atoms with Crippen LogP contribution in [0.15, 0.2) is 36.8 Å². The highest BCUT2D eigenvalue weighted by molar-refractivity contribution is 5.78. The van der Waals surface area contributed by atoms with Gasteiger partial charge in [0.15, 0.2) is 6.23 Å². The molecule has 2 fully saturated rings. The molecule has 8 heteroatoms. The first-order valence-corrected chi connectivity index (χ1v) is 10.1. The predicted octanol–water partition coefficient (Wildman–Crippen LogP) is 4.03. The zero-order valence-corrected chi connectivity index (χ0v) is 16.1. The summed E-state index contributed by atoms with van der Waals surface area (Å²) in [7, 11) is 0. The molecule has 1 unspecified atom stereocenters. The zero-order chi connectivity index (χ0) is 19.8. The molecule has 1 atom stereocenters. The molecule has 0 N–H and O–H groups in total. The van der Waals surface area contributed by atoms with Gasteiger partial charge < -0.3 is 4.74 Å². The average Bonchev–Trinajstić information content (AvgIpc) is 3.31. The summed E-state index contributed by atoms with van der Waals surface area (Å²) in [5, 5.41) is 4.49. The Balaban J connectivity index is 1.38. The molecule has 0 spiro atoms. The van der Waals surface area contributed by atoms with Gasteiger partial charge >= 0.3 is 0 Å². The Hall–Kier alpha value is -2.45. The van der Waals surface area contributed by atoms with Gasteiger partial charge in [0, 0.05) is 44.1 Å². The summed E-state index contributed by atoms with van der Waals surface area (Å²) in [6.45, 7) is 1.45. The third-order valence-electron chi connectivity index (χ3n) is 5.63. The Labute approximate surface area is 167 Å². The van der Waals surface area contributed by atoms with Crippen molar-refractivity contribution in [2.75, 3.05) is 19.7 Å². The second kappa shape index (κ2) is 7.42. The van der Waals surface area contributed by atoms with E-state index in [4.69, 9.17) is 9.72 Å². The summed E-state index contributed by atoms with van der Waals surface area (Å²) >= 11 is 0. The molecular formula is C21H23F2N5O. The molecule has 2 aliphatic heterocycles. The van der Waals surface area contributed by atoms with Crippen LogP contribution in [0, 0.1) is 0 Å². The standard InChI is InChI=1S/C21H23F2N5O/c22-21(23)6-7-27(14-21)13-15-9-16(11-24-10-15)17-4-5-19-18(26-17)12-25-28(19)20-3-1-2-8-29-20/h4-5,9-12,20H,1-3,6-8,13-14H2. The minimum absolute atomic E-state index is 0.0301. The topological polar surface area (TPSA) is 56.1 Å². The molecule has 0 aromatic carbocycles. The van der Waals surface area contributed by atoms with Crippen LogP contribution in [0.3, 0.4) is 0 Å². The van der Waals surface area contributed by atoms with E-state index in [-0.39, 0.29) is 19.2 Å². The maximum Gasteiger partial charge on any atom is 0.261 e. The Kier molecular flexibility index (Phi) is 4.75. The van der Waals surface area contributed by atoms with Crippen LogP contribution < -0.4 is 0 Å². The first kappa shape index (κ1) is 18.6. The summed E-state index contributed by atoms with van der Waals surface area (Å²) in [6, 6.07) is 5.94. The molecule has 0 saturated carbocycles. The number of aromatic nitrogens is 4. The van der Waals surface area contributed by atoms with Gasteiger partial charge in [0.1, 0.15) is 5.52 Å². The fourth-order valence-electron chi connectivity index (χ4n) is 4.16. The van der Waals surface area contributed by atoms with Gasteiger partial charge in [0.25, 0.3) is 5.92 Å². The average molecular weight is 399 g/mol. The van der Waals surface area contributed by atoms with Crippen LogP contribution >= 0.6 is 0 Å². The van der Waals surface area contributed by atoms with Gasteiger partial charge in [-0.2, -0.15) is 5.10 Å². The lowest BCUT2D eigenvalue weighted by atomic mass is 10.1. The Bertz CT molecular complexity index is 1020. The molecule has 0 amide bonds. The van der Waals surface area contributed by atoms with Gasteiger partial charge in [-0.3, -0.25) is 9.88 Å². The summed E-state index contributed by atoms with van der Waals surface area (Å²) < 4.78 is 34.6. The lowest BCUT2D eigenvalue weighted by molar-refractivity contribution is -0.0366. The predicted molar refractivity (Wildman–Crippen MR) is 104 cm³/mol. The van der Waals surface area contributed by atoms with E-state index in [0.717, 1.165) is 53.7 Å². The molecule has 5 heterocycles. The first-order valence-electron chi connectivity index (χ1n) is 10.1. The molecule has 6 nitrogen and oxygen atoms in total. The van der Waals surface area contributed by atoms with Gasteiger partial charge in [-0.1, -0.05) is 0 Å². The Morgan fingerprint density at radius 2 is 2.10 bits per heavy atom. The third kappa shape index (κ3) is 3.86. The number of fused-ring (bicyclic) bond motifs is 1. The fourth-order valence-corrected chi connectivity index (χ4v) is 4.16. The van der Waals surface area contributed by atoms with Crippen LogP contribution in [0.1, 0.15) is 37.5 Å². The Morgan fingerprint density at radius 1 is 1.17 bits per heavy atom. The van der Waals surface area contributed by atoms with Crippen LogP contribution in [0.4, 0.5) is 8.78 Å². The summed E-state index contributed by atoms with van der Waals surface area (Å²) in [4.78, 5) is 10.8. The molecule has 29 heavy (non-hydrogen) atoms. The normalized spacial score (nSPS) is 22.3. The van der Waals surface area contributed by atoms with Crippen molar-refractivity contribution in [2.24, 2.45) is 0 Å². The van der Waals surface area contributed by atoms with Crippen LogP contribution in [-0.4, -0.2) is 50.3 Å². The van der Waals surface area contributed by atoms with Crippen LogP contribution in [0.2, 0.25) is 0 Å². The fraction of sp³-hybridized carbons (Fsp3) is 0.476. The minimum Gasteiger partial charge on any atom is -0.356 e. The molecule has 0 bridgehead atoms. The SMILES string of the molecule is FC1(F)CCN(Cc2cncc(-c3ccc4c(cnn4C4CCCCO4)n3)c2)C1. The van der Waals surface area contributed by atoms with E-state index < -0.39 is 5.92 Å². The molecule has 0 radical (unpaired) electrons. The monoisotopic (exact) mass is 399 g/mol. The van der Waals surface area contributed by atoms with Crippen molar-refractivity contribution in [3.63, 3.8) is 0 Å². The van der Waals surface area contributed by atoms with Crippen molar-refractivity contribution in [1.82, 2.24) is 24.6 Å². The van der Waals surface area contributed by atoms with E-state index in [2.05, 4.69) is 10.1 Å². The zero-order valence-electron chi connectivity index (χ0n) is 16.1. The number of rotatable bonds is 4. The first-order chi connectivity index (χ1) is 14.1. The van der Waals surface area contributed by atoms with Crippen LogP contribution in [-0.2, 0) is 11.3 Å². The van der Waals surface area contributed by atoms with E-state index in [0.29, 0.717) is 13.1 Å². The van der Waals surface area contributed by atoms with Crippen molar-refractivity contribution in [3.05, 3.63) is 42.4 Å². The highest BCUT2D eigenvalue weighted by Crippen LogP contribution is 2.29. The maximum absolute atomic E-state index is 13.4. The third-order valence-corrected chi connectivity index (χ3v) is 5.63. The van der Waals surface area contributed by atoms with E-state index >= 15 is 0 Å². The minimum atomic E-state index is -2.58. The maximum atomic E-state index is 13.4. The lowest BCUT2D eigenvalue weighted by Gasteiger charge is -2.23. The van der Waals surface area contributed by atoms with E-state index in [1.165, 1.54) is 0 Å². The molecule has 0 aliphatic carbocycles. The molecule has 5 rings (SSSR count). The van der Waals surface area contributed by atoms with E-state index in [1.807, 2.05) is 22.9 Å². The van der Waals surface area contributed by atoms with E-state index in [1.54, 1.807) is 23.5 Å². The highest BCUT2D eigenvalue weighted by Gasteiger charge is 2.37. The lowest BCUT2D eigenvalue weighted by Crippen LogP contribution is -2.24. The van der Waals surface area contributed by atoms with Crippen molar-refractivity contribution < 1.29 is 13.5 Å². The quantitative estimate of drug-likeness (QED) is 0.663. The highest BCUT2D eigenvalue weighted by atomic mass is 19.3. The smallest absolute Gasteiger partial charge is 0.261 e. The van der Waals surface area contributed by atoms with Crippen molar-refractivity contribution in [1.29, 1.82) is 0 Å². The molecule has 152 valence electrons. The van der Waals surface area contributed by atoms with Gasteiger partial charge in [-0.05, 0) is 43.0 Å². The molecule has 2 aliphatic rings. The second-order valence-electron chi connectivity index (χ2n) is 7.91. The summed E-state index contributed by atoms with van der Waals surface area (Å²) in [6.07, 6.45) is 8.34. The van der Waals surface area contributed by atoms with E-state index in [9.17, 15) is 8.78 Å². The Morgan fingerprint density at radius 3 is 2.90 bits per heavy atom. The number of pyridine rings is 2. The number of likely N-dealkylation sites (tertiary alicyclic amines) is 1. The second-order valence-corrected chi connectivity index (χ2v) is 7.91. The van der Waals surface area contributed by atoms with Crippen LogP contribution in [0.5, 0.6) is 0 Å². The molecular weight excluding hydrogens is 376 g/mol. The number of hydrogen-bond acceptors (Lipinski definition) is 5. The van der Waals surface area contributed by atoms with Crippen molar-refractivity contribution >= 4 is 11.0 Å². The number of halogens is 2. The number of hydrogen-bond donors (Lipinski definition) is 0. The van der Waals surface area contributed by atoms with Crippen molar-refractivity contribution in [2.45, 2.75) is 44.4 Å². The van der Waals surface area contributed by atoms with Crippen LogP contribution in [0.25, 0.3) is 22.3 Å². The number of nitrogens with zero attached hydrogens (tertiary/aromatic N) is 5. The van der Waals surface area contributed by atoms with Crippen molar-refractivity contribution in [3.8, 4) is 11.3 Å². The largest absolute Gasteiger partial charge is 0.356 e. The van der Waals surface area contributed by atoms with Gasteiger partial charge in [-0.25, -0.2) is 18.4 Å². The summed E-state index contributed by atoms with van der Waals surface area (Å²) in [5.74, 6) is -2.58. The van der Waals surface area contributed by atoms with Gasteiger partial charge in [-0.15, -0.1) is 0 Å². The summed E-state index contributed by atoms with van der Waals surface area (Å²) in [5.41, 5.74) is 4.33. The molecule has 3 aromatic heterocycles. The number of ether oxygens (including phenoxy) is 1.